The summed E-state index contributed by atoms with van der Waals surface area (Å²) in [6, 6.07) is 0. The zero-order valence-electron chi connectivity index (χ0n) is 8.77. The van der Waals surface area contributed by atoms with Crippen molar-refractivity contribution in [2.24, 2.45) is 5.92 Å². The lowest BCUT2D eigenvalue weighted by Crippen LogP contribution is -2.10. The van der Waals surface area contributed by atoms with Crippen LogP contribution in [0.25, 0.3) is 0 Å². The topological polar surface area (TPSA) is 55.6 Å². The summed E-state index contributed by atoms with van der Waals surface area (Å²) in [5, 5.41) is 15.8. The van der Waals surface area contributed by atoms with Gasteiger partial charge in [0.05, 0.1) is 6.54 Å². The normalized spacial score (nSPS) is 22.1. The van der Waals surface area contributed by atoms with Crippen LogP contribution < -0.4 is 5.32 Å². The van der Waals surface area contributed by atoms with Gasteiger partial charge in [-0.15, -0.1) is 10.2 Å². The van der Waals surface area contributed by atoms with Gasteiger partial charge in [0.25, 0.3) is 0 Å². The van der Waals surface area contributed by atoms with E-state index in [0.717, 1.165) is 31.9 Å². The highest BCUT2D eigenvalue weighted by Crippen LogP contribution is 2.17. The van der Waals surface area contributed by atoms with Gasteiger partial charge in [-0.25, -0.2) is 0 Å². The Morgan fingerprint density at radius 1 is 1.57 bits per heavy atom. The summed E-state index contributed by atoms with van der Waals surface area (Å²) in [6.07, 6.45) is 1.13. The number of hydrogen-bond donors (Lipinski definition) is 1. The van der Waals surface area contributed by atoms with Gasteiger partial charge in [-0.2, -0.15) is 4.80 Å². The molecule has 0 amide bonds. The predicted octanol–water partition coefficient (Wildman–Crippen LogP) is 0.406. The molecule has 1 fully saturated rings. The van der Waals surface area contributed by atoms with Crippen LogP contribution in [0.15, 0.2) is 0 Å². The first-order chi connectivity index (χ1) is 6.75. The summed E-state index contributed by atoms with van der Waals surface area (Å²) in [5.41, 5.74) is 0. The Morgan fingerprint density at radius 2 is 2.43 bits per heavy atom. The van der Waals surface area contributed by atoms with Crippen molar-refractivity contribution in [3.05, 3.63) is 5.82 Å². The molecule has 78 valence electrons. The van der Waals surface area contributed by atoms with Crippen molar-refractivity contribution in [3.8, 4) is 0 Å². The third kappa shape index (κ3) is 2.09. The van der Waals surface area contributed by atoms with Crippen LogP contribution in [0.5, 0.6) is 0 Å². The molecule has 2 heterocycles. The van der Waals surface area contributed by atoms with Crippen LogP contribution >= 0.6 is 0 Å². The molecule has 1 aromatic heterocycles. The van der Waals surface area contributed by atoms with Gasteiger partial charge in [0.15, 0.2) is 5.82 Å². The first-order valence-electron chi connectivity index (χ1n) is 5.24. The Kier molecular flexibility index (Phi) is 2.77. The molecule has 1 N–H and O–H groups in total. The fraction of sp³-hybridized carbons (Fsp3) is 0.889. The number of hydrogen-bond acceptors (Lipinski definition) is 4. The van der Waals surface area contributed by atoms with Crippen LogP contribution in [0.1, 0.15) is 32.0 Å². The van der Waals surface area contributed by atoms with E-state index in [1.165, 1.54) is 0 Å². The lowest BCUT2D eigenvalue weighted by molar-refractivity contribution is 0.427. The Bertz CT molecular complexity index is 287. The van der Waals surface area contributed by atoms with E-state index in [4.69, 9.17) is 0 Å². The van der Waals surface area contributed by atoms with Crippen molar-refractivity contribution in [1.82, 2.24) is 25.5 Å². The molecule has 2 rings (SSSR count). The van der Waals surface area contributed by atoms with Crippen molar-refractivity contribution < 1.29 is 0 Å². The molecule has 5 heteroatoms. The van der Waals surface area contributed by atoms with E-state index in [1.807, 2.05) is 0 Å². The van der Waals surface area contributed by atoms with E-state index in [2.05, 4.69) is 34.6 Å². The molecule has 0 aromatic carbocycles. The summed E-state index contributed by atoms with van der Waals surface area (Å²) in [4.78, 5) is 1.71. The Labute approximate surface area is 83.9 Å². The molecule has 1 atom stereocenters. The van der Waals surface area contributed by atoms with Crippen LogP contribution in [0, 0.1) is 5.92 Å². The predicted molar refractivity (Wildman–Crippen MR) is 52.9 cm³/mol. The molecular formula is C9H17N5. The summed E-state index contributed by atoms with van der Waals surface area (Å²) in [6.45, 7) is 7.23. The van der Waals surface area contributed by atoms with E-state index >= 15 is 0 Å². The average Bonchev–Trinajstić information content (AvgIpc) is 2.69. The fourth-order valence-corrected chi connectivity index (χ4v) is 1.70. The van der Waals surface area contributed by atoms with Gasteiger partial charge in [-0.05, 0) is 24.1 Å². The maximum absolute atomic E-state index is 4.39. The monoisotopic (exact) mass is 195 g/mol. The molecule has 0 bridgehead atoms. The molecule has 0 spiro atoms. The minimum Gasteiger partial charge on any atom is -0.316 e. The highest BCUT2D eigenvalue weighted by atomic mass is 15.6. The van der Waals surface area contributed by atoms with Crippen LogP contribution in [0.2, 0.25) is 0 Å². The average molecular weight is 195 g/mol. The quantitative estimate of drug-likeness (QED) is 0.758. The number of nitrogens with zero attached hydrogens (tertiary/aromatic N) is 4. The number of tetrazole rings is 1. The van der Waals surface area contributed by atoms with Crippen LogP contribution in [-0.4, -0.2) is 33.3 Å². The first-order valence-corrected chi connectivity index (χ1v) is 5.24. The molecule has 1 aliphatic heterocycles. The summed E-state index contributed by atoms with van der Waals surface area (Å²) in [7, 11) is 0. The van der Waals surface area contributed by atoms with Crippen molar-refractivity contribution in [2.45, 2.75) is 32.7 Å². The van der Waals surface area contributed by atoms with Gasteiger partial charge in [-0.3, -0.25) is 0 Å². The molecule has 0 aliphatic carbocycles. The molecule has 1 aliphatic rings. The maximum atomic E-state index is 4.39. The molecule has 1 aromatic rings. The van der Waals surface area contributed by atoms with Crippen molar-refractivity contribution in [2.75, 3.05) is 13.1 Å². The molecular weight excluding hydrogens is 178 g/mol. The molecule has 14 heavy (non-hydrogen) atoms. The lowest BCUT2D eigenvalue weighted by Gasteiger charge is -2.02. The van der Waals surface area contributed by atoms with E-state index in [9.17, 15) is 0 Å². The summed E-state index contributed by atoms with van der Waals surface area (Å²) in [5.74, 6) is 1.94. The first kappa shape index (κ1) is 9.58. The van der Waals surface area contributed by atoms with E-state index < -0.39 is 0 Å². The molecule has 0 saturated carbocycles. The largest absolute Gasteiger partial charge is 0.316 e. The lowest BCUT2D eigenvalue weighted by atomic mass is 10.1. The minimum atomic E-state index is 0.468. The smallest absolute Gasteiger partial charge is 0.179 e. The van der Waals surface area contributed by atoms with Gasteiger partial charge in [0, 0.05) is 12.5 Å². The standard InChI is InChI=1S/C9H17N5/c1-7(2)6-14-12-9(11-13-14)8-3-4-10-5-8/h7-8,10H,3-6H2,1-2H3. The zero-order valence-corrected chi connectivity index (χ0v) is 8.77. The van der Waals surface area contributed by atoms with Crippen LogP contribution in [0.4, 0.5) is 0 Å². The second kappa shape index (κ2) is 4.04. The van der Waals surface area contributed by atoms with E-state index in [-0.39, 0.29) is 0 Å². The summed E-state index contributed by atoms with van der Waals surface area (Å²) < 4.78 is 0. The van der Waals surface area contributed by atoms with E-state index in [0.29, 0.717) is 11.8 Å². The summed E-state index contributed by atoms with van der Waals surface area (Å²) >= 11 is 0. The molecule has 1 saturated heterocycles. The Morgan fingerprint density at radius 3 is 3.07 bits per heavy atom. The third-order valence-corrected chi connectivity index (χ3v) is 2.42. The van der Waals surface area contributed by atoms with Gasteiger partial charge < -0.3 is 5.32 Å². The van der Waals surface area contributed by atoms with Crippen molar-refractivity contribution >= 4 is 0 Å². The minimum absolute atomic E-state index is 0.468. The number of aromatic nitrogens is 4. The third-order valence-electron chi connectivity index (χ3n) is 2.42. The maximum Gasteiger partial charge on any atom is 0.179 e. The van der Waals surface area contributed by atoms with Crippen LogP contribution in [0.3, 0.4) is 0 Å². The van der Waals surface area contributed by atoms with Gasteiger partial charge in [0.1, 0.15) is 0 Å². The number of rotatable bonds is 3. The van der Waals surface area contributed by atoms with Gasteiger partial charge in [0.2, 0.25) is 0 Å². The van der Waals surface area contributed by atoms with Crippen LogP contribution in [-0.2, 0) is 6.54 Å². The highest BCUT2D eigenvalue weighted by Gasteiger charge is 2.21. The Balaban J connectivity index is 2.01. The SMILES string of the molecule is CC(C)Cn1nnc(C2CCNC2)n1. The molecule has 0 radical (unpaired) electrons. The fourth-order valence-electron chi connectivity index (χ4n) is 1.70. The second-order valence-corrected chi connectivity index (χ2v) is 4.29. The van der Waals surface area contributed by atoms with Crippen molar-refractivity contribution in [1.29, 1.82) is 0 Å². The van der Waals surface area contributed by atoms with Gasteiger partial charge >= 0.3 is 0 Å². The highest BCUT2D eigenvalue weighted by molar-refractivity contribution is 4.96. The van der Waals surface area contributed by atoms with Crippen molar-refractivity contribution in [3.63, 3.8) is 0 Å². The molecule has 5 nitrogen and oxygen atoms in total. The number of nitrogens with one attached hydrogen (secondary N) is 1. The Hall–Kier alpha value is -0.970. The van der Waals surface area contributed by atoms with E-state index in [1.54, 1.807) is 4.80 Å². The zero-order chi connectivity index (χ0) is 9.97. The molecule has 1 unspecified atom stereocenters. The van der Waals surface area contributed by atoms with Gasteiger partial charge in [-0.1, -0.05) is 13.8 Å². The second-order valence-electron chi connectivity index (χ2n) is 4.29.